The number of nitrogens with zero attached hydrogens (tertiary/aromatic N) is 1. The average molecular weight is 244 g/mol. The van der Waals surface area contributed by atoms with Crippen LogP contribution >= 0.6 is 0 Å². The van der Waals surface area contributed by atoms with E-state index in [9.17, 15) is 13.2 Å². The Hall–Kier alpha value is -1.44. The molecular weight excluding hydrogens is 232 g/mol. The van der Waals surface area contributed by atoms with Crippen molar-refractivity contribution in [2.75, 3.05) is 0 Å². The SMILES string of the molecule is C[C@@H](C(=O)O)N(N)S(=O)(=O)c1ccccc1. The summed E-state index contributed by atoms with van der Waals surface area (Å²) in [5, 5.41) is 8.68. The Labute approximate surface area is 93.3 Å². The highest BCUT2D eigenvalue weighted by Crippen LogP contribution is 2.14. The van der Waals surface area contributed by atoms with Crippen LogP contribution < -0.4 is 5.84 Å². The van der Waals surface area contributed by atoms with Gasteiger partial charge in [0.05, 0.1) is 4.90 Å². The average Bonchev–Trinajstić information content (AvgIpc) is 2.28. The van der Waals surface area contributed by atoms with Crippen molar-refractivity contribution in [2.24, 2.45) is 5.84 Å². The maximum Gasteiger partial charge on any atom is 0.323 e. The number of nitrogens with two attached hydrogens (primary N) is 1. The van der Waals surface area contributed by atoms with E-state index in [2.05, 4.69) is 0 Å². The van der Waals surface area contributed by atoms with E-state index < -0.39 is 22.0 Å². The van der Waals surface area contributed by atoms with Crippen LogP contribution in [0.2, 0.25) is 0 Å². The number of rotatable bonds is 4. The molecular formula is C9H12N2O4S. The minimum Gasteiger partial charge on any atom is -0.480 e. The van der Waals surface area contributed by atoms with E-state index in [1.165, 1.54) is 31.2 Å². The van der Waals surface area contributed by atoms with Crippen LogP contribution in [-0.2, 0) is 14.8 Å². The lowest BCUT2D eigenvalue weighted by molar-refractivity contribution is -0.140. The fourth-order valence-electron chi connectivity index (χ4n) is 1.03. The summed E-state index contributed by atoms with van der Waals surface area (Å²) in [4.78, 5) is 10.6. The zero-order valence-electron chi connectivity index (χ0n) is 8.57. The number of carboxylic acids is 1. The Morgan fingerprint density at radius 1 is 1.38 bits per heavy atom. The van der Waals surface area contributed by atoms with Gasteiger partial charge in [-0.25, -0.2) is 8.42 Å². The van der Waals surface area contributed by atoms with Gasteiger partial charge < -0.3 is 5.11 Å². The standard InChI is InChI=1S/C9H12N2O4S/c1-7(9(12)13)11(10)16(14,15)8-5-3-2-4-6-8/h2-7H,10H2,1H3,(H,12,13)/t7-/m0/s1. The van der Waals surface area contributed by atoms with Gasteiger partial charge in [-0.15, -0.1) is 4.41 Å². The highest BCUT2D eigenvalue weighted by molar-refractivity contribution is 7.89. The van der Waals surface area contributed by atoms with Crippen LogP contribution in [0.5, 0.6) is 0 Å². The van der Waals surface area contributed by atoms with Crippen LogP contribution in [0.4, 0.5) is 0 Å². The molecule has 1 rings (SSSR count). The Morgan fingerprint density at radius 2 is 1.88 bits per heavy atom. The van der Waals surface area contributed by atoms with Gasteiger partial charge in [0.25, 0.3) is 10.0 Å². The fourth-order valence-corrected chi connectivity index (χ4v) is 2.28. The molecule has 0 aliphatic rings. The van der Waals surface area contributed by atoms with Crippen LogP contribution in [0.15, 0.2) is 35.2 Å². The van der Waals surface area contributed by atoms with Crippen molar-refractivity contribution in [3.8, 4) is 0 Å². The Balaban J connectivity index is 3.09. The Morgan fingerprint density at radius 3 is 2.31 bits per heavy atom. The van der Waals surface area contributed by atoms with E-state index in [0.29, 0.717) is 4.41 Å². The molecule has 16 heavy (non-hydrogen) atoms. The number of hydrogen-bond acceptors (Lipinski definition) is 4. The number of carboxylic acid groups (broad SMARTS) is 1. The first-order valence-corrected chi connectivity index (χ1v) is 5.88. The fraction of sp³-hybridized carbons (Fsp3) is 0.222. The molecule has 0 fully saturated rings. The minimum atomic E-state index is -3.95. The number of carbonyl (C=O) groups is 1. The molecule has 0 saturated carbocycles. The molecule has 0 amide bonds. The molecule has 1 aromatic rings. The van der Waals surface area contributed by atoms with Gasteiger partial charge in [-0.3, -0.25) is 10.6 Å². The summed E-state index contributed by atoms with van der Waals surface area (Å²) in [5.41, 5.74) is 0. The van der Waals surface area contributed by atoms with Crippen molar-refractivity contribution in [3.63, 3.8) is 0 Å². The van der Waals surface area contributed by atoms with Crippen LogP contribution in [0.3, 0.4) is 0 Å². The van der Waals surface area contributed by atoms with Gasteiger partial charge in [0.1, 0.15) is 6.04 Å². The lowest BCUT2D eigenvalue weighted by Crippen LogP contribution is -2.47. The number of sulfonamides is 1. The summed E-state index contributed by atoms with van der Waals surface area (Å²) in [6.45, 7) is 1.20. The highest BCUT2D eigenvalue weighted by atomic mass is 32.2. The van der Waals surface area contributed by atoms with Crippen molar-refractivity contribution in [1.29, 1.82) is 0 Å². The number of aliphatic carboxylic acids is 1. The van der Waals surface area contributed by atoms with Gasteiger partial charge in [-0.1, -0.05) is 18.2 Å². The van der Waals surface area contributed by atoms with Gasteiger partial charge in [-0.2, -0.15) is 0 Å². The quantitative estimate of drug-likeness (QED) is 0.574. The zero-order valence-corrected chi connectivity index (χ0v) is 9.39. The van der Waals surface area contributed by atoms with E-state index in [-0.39, 0.29) is 4.90 Å². The second-order valence-corrected chi connectivity index (χ2v) is 5.01. The van der Waals surface area contributed by atoms with E-state index in [0.717, 1.165) is 0 Å². The molecule has 3 N–H and O–H groups in total. The summed E-state index contributed by atoms with van der Waals surface area (Å²) < 4.78 is 24.0. The van der Waals surface area contributed by atoms with Crippen LogP contribution in [-0.4, -0.2) is 29.9 Å². The maximum absolute atomic E-state index is 11.8. The molecule has 0 heterocycles. The van der Waals surface area contributed by atoms with E-state index in [1.54, 1.807) is 6.07 Å². The zero-order chi connectivity index (χ0) is 12.3. The lowest BCUT2D eigenvalue weighted by Gasteiger charge is -2.20. The molecule has 0 unspecified atom stereocenters. The molecule has 0 saturated heterocycles. The predicted molar refractivity (Wildman–Crippen MR) is 56.8 cm³/mol. The van der Waals surface area contributed by atoms with Crippen molar-refractivity contribution >= 4 is 16.0 Å². The number of hydrazine groups is 1. The minimum absolute atomic E-state index is 0.0365. The van der Waals surface area contributed by atoms with Gasteiger partial charge in [0.15, 0.2) is 0 Å². The first kappa shape index (κ1) is 12.6. The van der Waals surface area contributed by atoms with Crippen LogP contribution in [0.25, 0.3) is 0 Å². The van der Waals surface area contributed by atoms with Gasteiger partial charge in [0, 0.05) is 0 Å². The molecule has 88 valence electrons. The third-order valence-corrected chi connectivity index (χ3v) is 3.80. The third-order valence-electron chi connectivity index (χ3n) is 2.06. The predicted octanol–water partition coefficient (Wildman–Crippen LogP) is 0.0241. The monoisotopic (exact) mass is 244 g/mol. The molecule has 7 heteroatoms. The first-order valence-electron chi connectivity index (χ1n) is 4.44. The summed E-state index contributed by atoms with van der Waals surface area (Å²) in [7, 11) is -3.95. The molecule has 0 aliphatic heterocycles. The van der Waals surface area contributed by atoms with Crippen molar-refractivity contribution in [2.45, 2.75) is 17.9 Å². The first-order chi connectivity index (χ1) is 7.37. The van der Waals surface area contributed by atoms with E-state index in [1.807, 2.05) is 0 Å². The Kier molecular flexibility index (Phi) is 3.63. The molecule has 1 atom stereocenters. The summed E-state index contributed by atoms with van der Waals surface area (Å²) in [5.74, 6) is 3.99. The molecule has 0 aromatic heterocycles. The maximum atomic E-state index is 11.8. The molecule has 0 radical (unpaired) electrons. The number of hydrogen-bond donors (Lipinski definition) is 2. The van der Waals surface area contributed by atoms with Gasteiger partial charge in [-0.05, 0) is 19.1 Å². The normalized spacial score (nSPS) is 13.7. The largest absolute Gasteiger partial charge is 0.480 e. The van der Waals surface area contributed by atoms with Gasteiger partial charge >= 0.3 is 5.97 Å². The molecule has 6 nitrogen and oxygen atoms in total. The molecule has 0 bridgehead atoms. The smallest absolute Gasteiger partial charge is 0.323 e. The summed E-state index contributed by atoms with van der Waals surface area (Å²) in [6, 6.07) is 6.11. The highest BCUT2D eigenvalue weighted by Gasteiger charge is 2.29. The number of benzene rings is 1. The Bertz CT molecular complexity index is 472. The molecule has 0 aliphatic carbocycles. The second kappa shape index (κ2) is 4.60. The lowest BCUT2D eigenvalue weighted by atomic mass is 10.4. The van der Waals surface area contributed by atoms with Crippen molar-refractivity contribution < 1.29 is 18.3 Å². The summed E-state index contributed by atoms with van der Waals surface area (Å²) >= 11 is 0. The van der Waals surface area contributed by atoms with E-state index >= 15 is 0 Å². The van der Waals surface area contributed by atoms with E-state index in [4.69, 9.17) is 10.9 Å². The summed E-state index contributed by atoms with van der Waals surface area (Å²) in [6.07, 6.45) is 0. The molecule has 1 aromatic carbocycles. The van der Waals surface area contributed by atoms with Crippen molar-refractivity contribution in [1.82, 2.24) is 4.41 Å². The third kappa shape index (κ3) is 2.38. The molecule has 0 spiro atoms. The van der Waals surface area contributed by atoms with Crippen LogP contribution in [0.1, 0.15) is 6.92 Å². The van der Waals surface area contributed by atoms with Crippen LogP contribution in [0, 0.1) is 0 Å². The van der Waals surface area contributed by atoms with Gasteiger partial charge in [0.2, 0.25) is 0 Å². The second-order valence-electron chi connectivity index (χ2n) is 3.16. The van der Waals surface area contributed by atoms with Crippen molar-refractivity contribution in [3.05, 3.63) is 30.3 Å². The topological polar surface area (TPSA) is 101 Å².